The van der Waals surface area contributed by atoms with Crippen molar-refractivity contribution in [2.75, 3.05) is 31.3 Å². The second-order valence-electron chi connectivity index (χ2n) is 4.55. The molecule has 10 heteroatoms. The average molecular weight is 385 g/mol. The van der Waals surface area contributed by atoms with Gasteiger partial charge in [-0.25, -0.2) is 13.2 Å². The molecule has 1 atom stereocenters. The minimum Gasteiger partial charge on any atom is -0.443 e. The number of ether oxygens (including phenoxy) is 1. The molecule has 0 bridgehead atoms. The van der Waals surface area contributed by atoms with Crippen molar-refractivity contribution in [3.05, 3.63) is 35.9 Å². The van der Waals surface area contributed by atoms with Gasteiger partial charge in [0.15, 0.2) is 0 Å². The van der Waals surface area contributed by atoms with Crippen LogP contribution < -0.4 is 5.14 Å². The molecule has 0 aliphatic heterocycles. The third-order valence-electron chi connectivity index (χ3n) is 1.50. The third kappa shape index (κ3) is 26.1. The van der Waals surface area contributed by atoms with Crippen LogP contribution in [-0.4, -0.2) is 50.0 Å². The zero-order chi connectivity index (χ0) is 18.5. The highest BCUT2D eigenvalue weighted by atomic mass is 32.2. The van der Waals surface area contributed by atoms with Crippen molar-refractivity contribution in [3.8, 4) is 0 Å². The molecule has 0 aliphatic rings. The molecule has 1 amide bonds. The minimum absolute atomic E-state index is 0.151. The first-order valence-corrected chi connectivity index (χ1v) is 12.1. The van der Waals surface area contributed by atoms with Gasteiger partial charge in [-0.2, -0.15) is 0 Å². The average Bonchev–Trinajstić information content (AvgIpc) is 2.34. The van der Waals surface area contributed by atoms with E-state index in [1.165, 1.54) is 18.8 Å². The van der Waals surface area contributed by atoms with Gasteiger partial charge in [0, 0.05) is 42.1 Å². The molecular formula is C13H24N2O5S3. The molecule has 0 spiro atoms. The fraction of sp³-hybridized carbons (Fsp3) is 0.462. The summed E-state index contributed by atoms with van der Waals surface area (Å²) in [6.07, 6.45) is 6.68. The van der Waals surface area contributed by atoms with Gasteiger partial charge in [0.2, 0.25) is 0 Å². The molecule has 2 N–H and O–H groups in total. The van der Waals surface area contributed by atoms with Crippen LogP contribution in [0.4, 0.5) is 4.79 Å². The van der Waals surface area contributed by atoms with E-state index in [9.17, 15) is 17.4 Å². The predicted molar refractivity (Wildman–Crippen MR) is 97.3 cm³/mol. The van der Waals surface area contributed by atoms with Crippen LogP contribution in [0.3, 0.4) is 0 Å². The van der Waals surface area contributed by atoms with E-state index in [-0.39, 0.29) is 6.61 Å². The van der Waals surface area contributed by atoms with Crippen LogP contribution in [0.1, 0.15) is 5.56 Å². The lowest BCUT2D eigenvalue weighted by Crippen LogP contribution is -2.03. The number of nitrogens with two attached hydrogens (primary N) is 1. The molecule has 0 radical (unpaired) electrons. The summed E-state index contributed by atoms with van der Waals surface area (Å²) in [5.74, 6) is 0. The lowest BCUT2D eigenvalue weighted by molar-refractivity contribution is 0.151. The molecule has 0 heterocycles. The van der Waals surface area contributed by atoms with Crippen molar-refractivity contribution < 1.29 is 22.2 Å². The van der Waals surface area contributed by atoms with E-state index in [4.69, 9.17) is 4.74 Å². The normalized spacial score (nSPS) is 11.3. The molecule has 0 fully saturated rings. The Hall–Kier alpha value is -1.10. The van der Waals surface area contributed by atoms with Crippen LogP contribution in [0.25, 0.3) is 0 Å². The van der Waals surface area contributed by atoms with Gasteiger partial charge >= 0.3 is 6.09 Å². The second kappa shape index (κ2) is 13.3. The highest BCUT2D eigenvalue weighted by Crippen LogP contribution is 2.02. The van der Waals surface area contributed by atoms with E-state index in [2.05, 4.69) is 9.50 Å². The van der Waals surface area contributed by atoms with E-state index >= 15 is 0 Å². The third-order valence-corrected chi connectivity index (χ3v) is 2.09. The van der Waals surface area contributed by atoms with Crippen molar-refractivity contribution in [3.63, 3.8) is 0 Å². The Kier molecular flexibility index (Phi) is 14.0. The van der Waals surface area contributed by atoms with Gasteiger partial charge < -0.3 is 4.74 Å². The maximum absolute atomic E-state index is 11.1. The Labute approximate surface area is 143 Å². The zero-order valence-electron chi connectivity index (χ0n) is 13.9. The molecule has 1 aromatic carbocycles. The van der Waals surface area contributed by atoms with Gasteiger partial charge in [-0.3, -0.25) is 9.35 Å². The first kappa shape index (κ1) is 24.2. The number of benzene rings is 1. The van der Waals surface area contributed by atoms with Crippen molar-refractivity contribution >= 4 is 37.6 Å². The molecule has 0 saturated heterocycles. The van der Waals surface area contributed by atoms with Gasteiger partial charge in [0.25, 0.3) is 0 Å². The molecule has 134 valence electrons. The van der Waals surface area contributed by atoms with Gasteiger partial charge in [-0.1, -0.05) is 30.3 Å². The Balaban J connectivity index is 0. The number of rotatable bonds is 2. The number of amides is 1. The topological polar surface area (TPSA) is 116 Å². The van der Waals surface area contributed by atoms with E-state index in [1.807, 2.05) is 30.3 Å². The molecule has 23 heavy (non-hydrogen) atoms. The Bertz CT molecular complexity index is 598. The monoisotopic (exact) mass is 384 g/mol. The minimum atomic E-state index is -2.43. The maximum atomic E-state index is 11.1. The van der Waals surface area contributed by atoms with E-state index in [0.717, 1.165) is 5.56 Å². The molecule has 1 aromatic rings. The lowest BCUT2D eigenvalue weighted by atomic mass is 10.2. The molecule has 0 aliphatic carbocycles. The number of hydrogen-bond acceptors (Lipinski definition) is 5. The smallest absolute Gasteiger partial charge is 0.442 e. The predicted octanol–water partition coefficient (Wildman–Crippen LogP) is 1.28. The standard InChI is InChI=1S/C10H13NO3S.C2H6OS.CH5NOS/c1-15(2,13)11-10(12)14-8-9-6-4-3-5-7-9;2*1-4(2)3/h3-7H,8H2,1-2H3;1-2H3;2H2,1H3. The molecule has 1 rings (SSSR count). The van der Waals surface area contributed by atoms with Crippen LogP contribution in [0, 0.1) is 0 Å². The summed E-state index contributed by atoms with van der Waals surface area (Å²) in [6, 6.07) is 9.25. The van der Waals surface area contributed by atoms with Gasteiger partial charge in [0.1, 0.15) is 6.61 Å². The van der Waals surface area contributed by atoms with E-state index < -0.39 is 37.6 Å². The van der Waals surface area contributed by atoms with E-state index in [1.54, 1.807) is 12.5 Å². The fourth-order valence-electron chi connectivity index (χ4n) is 0.925. The number of nitrogens with zero attached hydrogens (tertiary/aromatic N) is 1. The maximum Gasteiger partial charge on any atom is 0.442 e. The Morgan fingerprint density at radius 2 is 1.57 bits per heavy atom. The first-order chi connectivity index (χ1) is 10.4. The summed E-state index contributed by atoms with van der Waals surface area (Å²) in [5, 5.41) is 4.58. The molecule has 7 nitrogen and oxygen atoms in total. The van der Waals surface area contributed by atoms with E-state index in [0.29, 0.717) is 0 Å². The van der Waals surface area contributed by atoms with Crippen LogP contribution in [-0.2, 0) is 42.9 Å². The van der Waals surface area contributed by atoms with Crippen LogP contribution in [0.5, 0.6) is 0 Å². The SMILES string of the molecule is CS(C)(=O)=NC(=O)OCc1ccccc1.CS(C)=O.CS(N)=O. The number of carbonyl (C=O) groups is 1. The summed E-state index contributed by atoms with van der Waals surface area (Å²) in [5.41, 5.74) is 0.875. The van der Waals surface area contributed by atoms with Crippen molar-refractivity contribution in [2.45, 2.75) is 6.61 Å². The molecule has 0 aromatic heterocycles. The molecule has 0 saturated carbocycles. The Morgan fingerprint density at radius 1 is 1.17 bits per heavy atom. The highest BCUT2D eigenvalue weighted by molar-refractivity contribution is 7.92. The summed E-state index contributed by atoms with van der Waals surface area (Å²) in [6.45, 7) is 0.151. The Morgan fingerprint density at radius 3 is 1.91 bits per heavy atom. The summed E-state index contributed by atoms with van der Waals surface area (Å²) in [7, 11) is -4.15. The van der Waals surface area contributed by atoms with Crippen LogP contribution in [0.15, 0.2) is 34.7 Å². The summed E-state index contributed by atoms with van der Waals surface area (Å²) >= 11 is 0. The summed E-state index contributed by atoms with van der Waals surface area (Å²) in [4.78, 5) is 11.1. The second-order valence-corrected chi connectivity index (χ2v) is 9.58. The summed E-state index contributed by atoms with van der Waals surface area (Å²) < 4.78 is 38.2. The van der Waals surface area contributed by atoms with Gasteiger partial charge in [-0.05, 0) is 5.56 Å². The van der Waals surface area contributed by atoms with Gasteiger partial charge in [0.05, 0.1) is 20.7 Å². The zero-order valence-corrected chi connectivity index (χ0v) is 16.3. The van der Waals surface area contributed by atoms with Gasteiger partial charge in [-0.15, -0.1) is 4.36 Å². The van der Waals surface area contributed by atoms with Crippen molar-refractivity contribution in [2.24, 2.45) is 9.50 Å². The quantitative estimate of drug-likeness (QED) is 0.824. The van der Waals surface area contributed by atoms with Crippen LogP contribution in [0.2, 0.25) is 0 Å². The number of carbonyl (C=O) groups excluding carboxylic acids is 1. The highest BCUT2D eigenvalue weighted by Gasteiger charge is 2.02. The van der Waals surface area contributed by atoms with Crippen molar-refractivity contribution in [1.29, 1.82) is 0 Å². The number of hydrogen-bond donors (Lipinski definition) is 1. The van der Waals surface area contributed by atoms with Crippen LogP contribution >= 0.6 is 0 Å². The fourth-order valence-corrected chi connectivity index (χ4v) is 1.34. The lowest BCUT2D eigenvalue weighted by Gasteiger charge is -2.01. The van der Waals surface area contributed by atoms with Crippen molar-refractivity contribution in [1.82, 2.24) is 0 Å². The first-order valence-electron chi connectivity index (χ1n) is 6.14. The molecular weight excluding hydrogens is 360 g/mol. The largest absolute Gasteiger partial charge is 0.443 e. The molecule has 1 unspecified atom stereocenters.